The van der Waals surface area contributed by atoms with Crippen molar-refractivity contribution in [3.8, 4) is 22.6 Å². The lowest BCUT2D eigenvalue weighted by Gasteiger charge is -2.13. The van der Waals surface area contributed by atoms with Crippen molar-refractivity contribution in [2.24, 2.45) is 0 Å². The molecule has 3 aromatic carbocycles. The Morgan fingerprint density at radius 2 is 1.59 bits per heavy atom. The third-order valence-electron chi connectivity index (χ3n) is 4.15. The normalized spacial score (nSPS) is 10.7. The van der Waals surface area contributed by atoms with Crippen molar-refractivity contribution in [3.63, 3.8) is 0 Å². The molecule has 3 aromatic rings. The molecule has 0 saturated carbocycles. The minimum atomic E-state index is -0.429. The summed E-state index contributed by atoms with van der Waals surface area (Å²) in [5.41, 5.74) is 3.19. The van der Waals surface area contributed by atoms with Gasteiger partial charge in [-0.2, -0.15) is 0 Å². The molecule has 0 amide bonds. The van der Waals surface area contributed by atoms with Crippen LogP contribution in [0.2, 0.25) is 0 Å². The Hall–Kier alpha value is -2.59. The molecule has 0 N–H and O–H groups in total. The second kappa shape index (κ2) is 8.87. The van der Waals surface area contributed by atoms with E-state index in [2.05, 4.69) is 29.8 Å². The summed E-state index contributed by atoms with van der Waals surface area (Å²) in [7, 11) is 0. The summed E-state index contributed by atoms with van der Waals surface area (Å²) >= 11 is 3.51. The van der Waals surface area contributed by atoms with Gasteiger partial charge in [0.15, 0.2) is 6.61 Å². The van der Waals surface area contributed by atoms with Gasteiger partial charge in [-0.25, -0.2) is 4.79 Å². The van der Waals surface area contributed by atoms with Crippen molar-refractivity contribution in [3.05, 3.63) is 82.8 Å². The standard InChI is InChI=1S/C23H21BrO3/c1-16(2)19-10-6-7-11-21(19)27-23(25)15-26-22-13-12-18(14-20(22)24)17-8-4-3-5-9-17/h3-14,16H,15H2,1-2H3. The van der Waals surface area contributed by atoms with Crippen molar-refractivity contribution in [1.29, 1.82) is 0 Å². The fourth-order valence-electron chi connectivity index (χ4n) is 2.77. The summed E-state index contributed by atoms with van der Waals surface area (Å²) in [6.45, 7) is 3.97. The highest BCUT2D eigenvalue weighted by Crippen LogP contribution is 2.31. The Morgan fingerprint density at radius 1 is 0.889 bits per heavy atom. The Morgan fingerprint density at radius 3 is 2.30 bits per heavy atom. The van der Waals surface area contributed by atoms with Crippen LogP contribution in [0, 0.1) is 0 Å². The number of ether oxygens (including phenoxy) is 2. The zero-order chi connectivity index (χ0) is 19.2. The SMILES string of the molecule is CC(C)c1ccccc1OC(=O)COc1ccc(-c2ccccc2)cc1Br. The molecule has 0 aliphatic rings. The number of carbonyl (C=O) groups excluding carboxylic acids is 1. The minimum absolute atomic E-state index is 0.157. The van der Waals surface area contributed by atoms with Gasteiger partial charge in [0.1, 0.15) is 11.5 Å². The van der Waals surface area contributed by atoms with E-state index in [1.165, 1.54) is 0 Å². The van der Waals surface area contributed by atoms with Gasteiger partial charge in [-0.1, -0.05) is 68.4 Å². The average molecular weight is 425 g/mol. The van der Waals surface area contributed by atoms with Crippen molar-refractivity contribution in [2.75, 3.05) is 6.61 Å². The highest BCUT2D eigenvalue weighted by Gasteiger charge is 2.13. The van der Waals surface area contributed by atoms with E-state index in [1.54, 1.807) is 6.07 Å². The number of esters is 1. The first kappa shape index (κ1) is 19.2. The molecule has 0 aromatic heterocycles. The lowest BCUT2D eigenvalue weighted by atomic mass is 10.0. The van der Waals surface area contributed by atoms with E-state index in [0.717, 1.165) is 21.2 Å². The quantitative estimate of drug-likeness (QED) is 0.347. The molecule has 3 nitrogen and oxygen atoms in total. The van der Waals surface area contributed by atoms with Crippen LogP contribution in [0.1, 0.15) is 25.3 Å². The molecule has 27 heavy (non-hydrogen) atoms. The van der Waals surface area contributed by atoms with Crippen LogP contribution in [0.3, 0.4) is 0 Å². The Labute approximate surface area is 168 Å². The maximum atomic E-state index is 12.2. The molecule has 0 aliphatic carbocycles. The van der Waals surface area contributed by atoms with Crippen molar-refractivity contribution < 1.29 is 14.3 Å². The number of carbonyl (C=O) groups is 1. The van der Waals surface area contributed by atoms with Gasteiger partial charge in [0.2, 0.25) is 0 Å². The fourth-order valence-corrected chi connectivity index (χ4v) is 3.26. The maximum Gasteiger partial charge on any atom is 0.349 e. The first-order valence-electron chi connectivity index (χ1n) is 8.82. The van der Waals surface area contributed by atoms with E-state index >= 15 is 0 Å². The average Bonchev–Trinajstić information content (AvgIpc) is 2.68. The van der Waals surface area contributed by atoms with Crippen LogP contribution in [-0.2, 0) is 4.79 Å². The summed E-state index contributed by atoms with van der Waals surface area (Å²) < 4.78 is 11.9. The van der Waals surface area contributed by atoms with Crippen LogP contribution in [-0.4, -0.2) is 12.6 Å². The molecule has 3 rings (SSSR count). The number of hydrogen-bond acceptors (Lipinski definition) is 3. The Bertz CT molecular complexity index is 920. The summed E-state index contributed by atoms with van der Waals surface area (Å²) in [5, 5.41) is 0. The highest BCUT2D eigenvalue weighted by molar-refractivity contribution is 9.10. The van der Waals surface area contributed by atoms with Gasteiger partial charge in [-0.3, -0.25) is 0 Å². The number of halogens is 1. The van der Waals surface area contributed by atoms with Gasteiger partial charge in [-0.05, 0) is 56.7 Å². The summed E-state index contributed by atoms with van der Waals surface area (Å²) in [5.74, 6) is 1.03. The summed E-state index contributed by atoms with van der Waals surface area (Å²) in [6.07, 6.45) is 0. The van der Waals surface area contributed by atoms with Gasteiger partial charge in [0.05, 0.1) is 4.47 Å². The lowest BCUT2D eigenvalue weighted by Crippen LogP contribution is -2.18. The summed E-state index contributed by atoms with van der Waals surface area (Å²) in [6, 6.07) is 23.4. The zero-order valence-corrected chi connectivity index (χ0v) is 16.9. The van der Waals surface area contributed by atoms with Crippen LogP contribution in [0.15, 0.2) is 77.3 Å². The zero-order valence-electron chi connectivity index (χ0n) is 15.3. The maximum absolute atomic E-state index is 12.2. The van der Waals surface area contributed by atoms with Crippen molar-refractivity contribution >= 4 is 21.9 Å². The molecule has 0 heterocycles. The summed E-state index contributed by atoms with van der Waals surface area (Å²) in [4.78, 5) is 12.2. The van der Waals surface area contributed by atoms with E-state index in [4.69, 9.17) is 9.47 Å². The molecule has 4 heteroatoms. The van der Waals surface area contributed by atoms with E-state index < -0.39 is 5.97 Å². The van der Waals surface area contributed by atoms with Crippen LogP contribution >= 0.6 is 15.9 Å². The Kier molecular flexibility index (Phi) is 6.30. The molecule has 0 radical (unpaired) electrons. The lowest BCUT2D eigenvalue weighted by molar-refractivity contribution is -0.136. The molecule has 0 spiro atoms. The predicted octanol–water partition coefficient (Wildman–Crippen LogP) is 6.22. The van der Waals surface area contributed by atoms with Gasteiger partial charge in [0.25, 0.3) is 0 Å². The molecular weight excluding hydrogens is 404 g/mol. The molecular formula is C23H21BrO3. The van der Waals surface area contributed by atoms with Gasteiger partial charge in [-0.15, -0.1) is 0 Å². The first-order chi connectivity index (χ1) is 13.0. The number of rotatable bonds is 6. The van der Waals surface area contributed by atoms with Gasteiger partial charge >= 0.3 is 5.97 Å². The Balaban J connectivity index is 1.64. The highest BCUT2D eigenvalue weighted by atomic mass is 79.9. The number of para-hydroxylation sites is 1. The van der Waals surface area contributed by atoms with Crippen LogP contribution < -0.4 is 9.47 Å². The van der Waals surface area contributed by atoms with E-state index in [0.29, 0.717) is 11.5 Å². The molecule has 0 fully saturated rings. The molecule has 0 atom stereocenters. The number of hydrogen-bond donors (Lipinski definition) is 0. The third kappa shape index (κ3) is 4.98. The monoisotopic (exact) mass is 424 g/mol. The van der Waals surface area contributed by atoms with Gasteiger partial charge in [0, 0.05) is 0 Å². The van der Waals surface area contributed by atoms with Crippen molar-refractivity contribution in [1.82, 2.24) is 0 Å². The fraction of sp³-hybridized carbons (Fsp3) is 0.174. The second-order valence-electron chi connectivity index (χ2n) is 6.47. The van der Waals surface area contributed by atoms with Crippen LogP contribution in [0.4, 0.5) is 0 Å². The molecule has 0 saturated heterocycles. The van der Waals surface area contributed by atoms with E-state index in [-0.39, 0.29) is 12.5 Å². The van der Waals surface area contributed by atoms with E-state index in [9.17, 15) is 4.79 Å². The molecule has 138 valence electrons. The van der Waals surface area contributed by atoms with Crippen LogP contribution in [0.25, 0.3) is 11.1 Å². The first-order valence-corrected chi connectivity index (χ1v) is 9.61. The van der Waals surface area contributed by atoms with Crippen molar-refractivity contribution in [2.45, 2.75) is 19.8 Å². The third-order valence-corrected chi connectivity index (χ3v) is 4.77. The van der Waals surface area contributed by atoms with E-state index in [1.807, 2.05) is 66.7 Å². The molecule has 0 bridgehead atoms. The topological polar surface area (TPSA) is 35.5 Å². The predicted molar refractivity (Wildman–Crippen MR) is 111 cm³/mol. The second-order valence-corrected chi connectivity index (χ2v) is 7.32. The molecule has 0 unspecified atom stereocenters. The van der Waals surface area contributed by atoms with Crippen LogP contribution in [0.5, 0.6) is 11.5 Å². The van der Waals surface area contributed by atoms with Gasteiger partial charge < -0.3 is 9.47 Å². The largest absolute Gasteiger partial charge is 0.481 e. The number of benzene rings is 3. The molecule has 0 aliphatic heterocycles. The minimum Gasteiger partial charge on any atom is -0.481 e. The smallest absolute Gasteiger partial charge is 0.349 e.